The third-order valence-corrected chi connectivity index (χ3v) is 9.34. The number of rotatable bonds is 4. The van der Waals surface area contributed by atoms with Gasteiger partial charge < -0.3 is 9.64 Å². The number of halogens is 1. The molecule has 8 nitrogen and oxygen atoms in total. The second-order valence-corrected chi connectivity index (χ2v) is 15.0. The van der Waals surface area contributed by atoms with Gasteiger partial charge in [-0.3, -0.25) is 4.79 Å². The largest absolute Gasteiger partial charge is 0.475 e. The van der Waals surface area contributed by atoms with Gasteiger partial charge in [0.15, 0.2) is 0 Å². The molecule has 43 heavy (non-hydrogen) atoms. The lowest BCUT2D eigenvalue weighted by Gasteiger charge is -2.36. The van der Waals surface area contributed by atoms with Crippen molar-refractivity contribution in [2.45, 2.75) is 58.5 Å². The first-order valence-corrected chi connectivity index (χ1v) is 16.6. The Hall–Kier alpha value is -3.51. The van der Waals surface area contributed by atoms with Crippen LogP contribution >= 0.6 is 22.6 Å². The highest BCUT2D eigenvalue weighted by Crippen LogP contribution is 2.31. The second kappa shape index (κ2) is 12.2. The Morgan fingerprint density at radius 2 is 1.65 bits per heavy atom. The van der Waals surface area contributed by atoms with E-state index in [0.717, 1.165) is 25.8 Å². The summed E-state index contributed by atoms with van der Waals surface area (Å²) in [6.07, 6.45) is 0.640. The first kappa shape index (κ1) is 30.9. The first-order valence-electron chi connectivity index (χ1n) is 14.1. The molecule has 224 valence electrons. The molecule has 0 saturated carbocycles. The Bertz CT molecular complexity index is 1750. The van der Waals surface area contributed by atoms with Gasteiger partial charge in [-0.25, -0.2) is 18.1 Å². The zero-order valence-electron chi connectivity index (χ0n) is 24.9. The number of nitrogens with zero attached hydrogens (tertiary/aromatic N) is 3. The lowest BCUT2D eigenvalue weighted by Crippen LogP contribution is -2.45. The molecule has 5 rings (SSSR count). The summed E-state index contributed by atoms with van der Waals surface area (Å²) in [5, 5.41) is 0. The van der Waals surface area contributed by atoms with Crippen molar-refractivity contribution in [2.24, 2.45) is 5.41 Å². The van der Waals surface area contributed by atoms with Crippen LogP contribution in [0.4, 0.5) is 5.95 Å². The summed E-state index contributed by atoms with van der Waals surface area (Å²) in [6, 6.07) is 21.4. The minimum Gasteiger partial charge on any atom is -0.475 e. The smallest absolute Gasteiger partial charge is 0.264 e. The number of carbonyl (C=O) groups excluding carboxylic acids is 1. The predicted molar refractivity (Wildman–Crippen MR) is 177 cm³/mol. The summed E-state index contributed by atoms with van der Waals surface area (Å²) in [5.41, 5.74) is 4.50. The number of carbonyl (C=O) groups is 1. The highest BCUT2D eigenvalue weighted by molar-refractivity contribution is 14.1. The molecular weight excluding hydrogens is 675 g/mol. The van der Waals surface area contributed by atoms with E-state index in [2.05, 4.69) is 58.1 Å². The number of aromatic nitrogens is 2. The van der Waals surface area contributed by atoms with Crippen molar-refractivity contribution in [3.63, 3.8) is 0 Å². The summed E-state index contributed by atoms with van der Waals surface area (Å²) in [5.74, 6) is -0.159. The zero-order chi connectivity index (χ0) is 30.9. The molecule has 0 aliphatic carbocycles. The van der Waals surface area contributed by atoms with Gasteiger partial charge in [-0.05, 0) is 95.3 Å². The second-order valence-electron chi connectivity index (χ2n) is 12.1. The van der Waals surface area contributed by atoms with Crippen LogP contribution in [-0.4, -0.2) is 41.8 Å². The van der Waals surface area contributed by atoms with E-state index < -0.39 is 10.0 Å². The van der Waals surface area contributed by atoms with Crippen LogP contribution in [0.2, 0.25) is 0 Å². The topological polar surface area (TPSA) is 101 Å². The van der Waals surface area contributed by atoms with Crippen molar-refractivity contribution in [3.05, 3.63) is 98.6 Å². The lowest BCUT2D eigenvalue weighted by atomic mass is 9.87. The van der Waals surface area contributed by atoms with Crippen LogP contribution in [0.1, 0.15) is 54.2 Å². The average molecular weight is 711 g/mol. The molecule has 3 aromatic carbocycles. The molecule has 0 radical (unpaired) electrons. The van der Waals surface area contributed by atoms with E-state index in [1.54, 1.807) is 23.1 Å². The molecule has 0 fully saturated rings. The normalized spacial score (nSPS) is 16.7. The summed E-state index contributed by atoms with van der Waals surface area (Å²) in [4.78, 5) is 25.0. The predicted octanol–water partition coefficient (Wildman–Crippen LogP) is 7.01. The number of sulfonamides is 1. The zero-order valence-corrected chi connectivity index (χ0v) is 27.9. The quantitative estimate of drug-likeness (QED) is 0.229. The average Bonchev–Trinajstić information content (AvgIpc) is 2.93. The number of hydrogen-bond donors (Lipinski definition) is 1. The maximum Gasteiger partial charge on any atom is 0.264 e. The fourth-order valence-electron chi connectivity index (χ4n) is 5.33. The van der Waals surface area contributed by atoms with Gasteiger partial charge in [0, 0.05) is 27.3 Å². The monoisotopic (exact) mass is 710 g/mol. The van der Waals surface area contributed by atoms with Crippen LogP contribution in [0, 0.1) is 22.8 Å². The number of nitrogens with one attached hydrogen (secondary N) is 1. The summed E-state index contributed by atoms with van der Waals surface area (Å²) in [6.45, 7) is 10.8. The van der Waals surface area contributed by atoms with Gasteiger partial charge in [-0.2, -0.15) is 4.98 Å². The molecule has 1 aliphatic heterocycles. The van der Waals surface area contributed by atoms with Gasteiger partial charge in [0.1, 0.15) is 6.61 Å². The molecule has 2 heterocycles. The van der Waals surface area contributed by atoms with Gasteiger partial charge in [0.25, 0.3) is 15.9 Å². The van der Waals surface area contributed by atoms with Crippen LogP contribution in [0.5, 0.6) is 5.88 Å². The highest BCUT2D eigenvalue weighted by Gasteiger charge is 2.31. The molecule has 1 amide bonds. The molecule has 0 saturated heterocycles. The minimum atomic E-state index is -4.13. The van der Waals surface area contributed by atoms with Crippen molar-refractivity contribution in [3.8, 4) is 17.1 Å². The van der Waals surface area contributed by atoms with Crippen LogP contribution in [0.15, 0.2) is 77.7 Å². The minimum absolute atomic E-state index is 0.0530. The summed E-state index contributed by atoms with van der Waals surface area (Å²) in [7, 11) is -4.13. The van der Waals surface area contributed by atoms with Crippen molar-refractivity contribution >= 4 is 44.5 Å². The molecular formula is C33H35IN4O4S. The standard InChI is InChI=1S/C33H35IN4O4S/c1-21-8-6-9-22(2)30(21)28-17-29-36-32(35-28)37-43(40,41)27-11-7-10-24(16-27)31(39)38(19-23-12-14-25(34)15-13-23)26(20-42-29)18-33(3,4)5/h6-17,26H,18-20H2,1-5H3,(H,35,36,37)/t26-/m1/s1. The fourth-order valence-corrected chi connectivity index (χ4v) is 6.68. The number of anilines is 1. The van der Waals surface area contributed by atoms with E-state index in [9.17, 15) is 13.2 Å². The van der Waals surface area contributed by atoms with Gasteiger partial charge in [-0.15, -0.1) is 0 Å². The molecule has 1 aliphatic rings. The van der Waals surface area contributed by atoms with E-state index in [1.807, 2.05) is 56.3 Å². The number of aryl methyl sites for hydroxylation is 2. The molecule has 0 unspecified atom stereocenters. The number of hydrogen-bond acceptors (Lipinski definition) is 6. The fraction of sp³-hybridized carbons (Fsp3) is 0.303. The van der Waals surface area contributed by atoms with Gasteiger partial charge in [0.2, 0.25) is 11.8 Å². The van der Waals surface area contributed by atoms with E-state index in [-0.39, 0.29) is 46.3 Å². The Balaban J connectivity index is 1.68. The summed E-state index contributed by atoms with van der Waals surface area (Å²) < 4.78 is 37.1. The van der Waals surface area contributed by atoms with Gasteiger partial charge in [-0.1, -0.05) is 57.2 Å². The van der Waals surface area contributed by atoms with Crippen LogP contribution in [0.25, 0.3) is 11.3 Å². The SMILES string of the molecule is Cc1cccc(C)c1-c1cc2nc(n1)NS(=O)(=O)c1cccc(c1)C(=O)N(Cc1ccc(I)cc1)[C@H](CC(C)(C)C)CO2. The maximum absolute atomic E-state index is 14.2. The maximum atomic E-state index is 14.2. The van der Waals surface area contributed by atoms with Gasteiger partial charge >= 0.3 is 0 Å². The van der Waals surface area contributed by atoms with Crippen molar-refractivity contribution in [1.29, 1.82) is 0 Å². The van der Waals surface area contributed by atoms with E-state index in [1.165, 1.54) is 12.1 Å². The number of fused-ring (bicyclic) bond motifs is 4. The van der Waals surface area contributed by atoms with E-state index >= 15 is 0 Å². The highest BCUT2D eigenvalue weighted by atomic mass is 127. The molecule has 0 spiro atoms. The van der Waals surface area contributed by atoms with Gasteiger partial charge in [0.05, 0.1) is 16.6 Å². The lowest BCUT2D eigenvalue weighted by molar-refractivity contribution is 0.0513. The van der Waals surface area contributed by atoms with Crippen LogP contribution in [-0.2, 0) is 16.6 Å². The summed E-state index contributed by atoms with van der Waals surface area (Å²) >= 11 is 2.26. The molecule has 4 aromatic rings. The molecule has 1 N–H and O–H groups in total. The molecule has 10 heteroatoms. The Kier molecular flexibility index (Phi) is 8.80. The van der Waals surface area contributed by atoms with Crippen molar-refractivity contribution in [2.75, 3.05) is 11.3 Å². The molecule has 4 bridgehead atoms. The first-order chi connectivity index (χ1) is 20.3. The number of benzene rings is 3. The van der Waals surface area contributed by atoms with Crippen LogP contribution < -0.4 is 9.46 Å². The van der Waals surface area contributed by atoms with Crippen molar-refractivity contribution < 1.29 is 17.9 Å². The molecule has 1 aromatic heterocycles. The number of ether oxygens (including phenoxy) is 1. The third kappa shape index (κ3) is 7.35. The Morgan fingerprint density at radius 1 is 0.977 bits per heavy atom. The Morgan fingerprint density at radius 3 is 2.33 bits per heavy atom. The van der Waals surface area contributed by atoms with Crippen LogP contribution in [0.3, 0.4) is 0 Å². The third-order valence-electron chi connectivity index (χ3n) is 7.30. The van der Waals surface area contributed by atoms with E-state index in [4.69, 9.17) is 4.74 Å². The Labute approximate surface area is 267 Å². The van der Waals surface area contributed by atoms with E-state index in [0.29, 0.717) is 18.7 Å². The molecule has 1 atom stereocenters. The number of amides is 1. The van der Waals surface area contributed by atoms with Crippen molar-refractivity contribution in [1.82, 2.24) is 14.9 Å².